The van der Waals surface area contributed by atoms with E-state index in [0.29, 0.717) is 5.37 Å². The van der Waals surface area contributed by atoms with Gasteiger partial charge in [0, 0.05) is 40.3 Å². The Morgan fingerprint density at radius 2 is 1.76 bits per heavy atom. The highest BCUT2D eigenvalue weighted by atomic mass is 32.2. The fourth-order valence-corrected chi connectivity index (χ4v) is 7.52. The van der Waals surface area contributed by atoms with Gasteiger partial charge in [-0.1, -0.05) is 47.8 Å². The zero-order valence-corrected chi connectivity index (χ0v) is 20.5. The maximum atomic E-state index is 3.50. The first-order chi connectivity index (χ1) is 16.2. The molecule has 2 aromatic carbocycles. The van der Waals surface area contributed by atoms with Gasteiger partial charge in [-0.25, -0.2) is 0 Å². The van der Waals surface area contributed by atoms with Crippen LogP contribution in [0.3, 0.4) is 0 Å². The number of nitrogens with one attached hydrogen (secondary N) is 1. The van der Waals surface area contributed by atoms with E-state index in [1.165, 1.54) is 48.6 Å². The molecule has 0 bridgehead atoms. The van der Waals surface area contributed by atoms with Gasteiger partial charge < -0.3 is 14.8 Å². The van der Waals surface area contributed by atoms with Gasteiger partial charge in [0.2, 0.25) is 0 Å². The largest absolute Gasteiger partial charge is 0.361 e. The Hall–Kier alpha value is -2.76. The van der Waals surface area contributed by atoms with Crippen LogP contribution in [0.5, 0.6) is 0 Å². The highest BCUT2D eigenvalue weighted by Gasteiger charge is 2.29. The quantitative estimate of drug-likeness (QED) is 0.432. The summed E-state index contributed by atoms with van der Waals surface area (Å²) in [5.41, 5.74) is 7.96. The average molecular weight is 470 g/mol. The smallest absolute Gasteiger partial charge is 0.0988 e. The first kappa shape index (κ1) is 20.8. The fourth-order valence-electron chi connectivity index (χ4n) is 4.98. The number of likely N-dealkylation sites (N-methyl/N-ethyl adjacent to an activating group) is 1. The molecule has 1 N–H and O–H groups in total. The molecule has 0 radical (unpaired) electrons. The van der Waals surface area contributed by atoms with Gasteiger partial charge in [-0.15, -0.1) is 0 Å². The second-order valence-electron chi connectivity index (χ2n) is 8.45. The molecule has 6 rings (SSSR count). The third kappa shape index (κ3) is 3.64. The van der Waals surface area contributed by atoms with Crippen LogP contribution in [-0.2, 0) is 6.42 Å². The molecule has 0 amide bonds. The Labute approximate surface area is 204 Å². The maximum absolute atomic E-state index is 3.50. The molecule has 3 aliphatic rings. The van der Waals surface area contributed by atoms with Crippen LogP contribution in [0.25, 0.3) is 5.57 Å². The van der Waals surface area contributed by atoms with E-state index < -0.39 is 0 Å². The number of hydrogen-bond donors (Lipinski definition) is 1. The van der Waals surface area contributed by atoms with Crippen LogP contribution in [0, 0.1) is 0 Å². The number of aromatic nitrogens is 1. The van der Waals surface area contributed by atoms with Crippen LogP contribution < -0.4 is 9.80 Å². The topological polar surface area (TPSA) is 22.3 Å². The van der Waals surface area contributed by atoms with Crippen molar-refractivity contribution in [3.8, 4) is 0 Å². The molecule has 1 aliphatic carbocycles. The van der Waals surface area contributed by atoms with E-state index >= 15 is 0 Å². The van der Waals surface area contributed by atoms with Crippen molar-refractivity contribution in [3.63, 3.8) is 0 Å². The number of rotatable bonds is 4. The Balaban J connectivity index is 1.36. The third-order valence-corrected chi connectivity index (χ3v) is 8.86. The molecule has 3 aromatic rings. The van der Waals surface area contributed by atoms with E-state index in [0.717, 1.165) is 19.5 Å². The number of benzene rings is 2. The molecule has 5 heteroatoms. The van der Waals surface area contributed by atoms with Gasteiger partial charge in [-0.05, 0) is 80.0 Å². The van der Waals surface area contributed by atoms with Crippen molar-refractivity contribution in [2.45, 2.75) is 35.4 Å². The number of aromatic amines is 1. The number of anilines is 2. The summed E-state index contributed by atoms with van der Waals surface area (Å²) in [6, 6.07) is 19.7. The number of thioether (sulfide) groups is 2. The van der Waals surface area contributed by atoms with Gasteiger partial charge in [0.15, 0.2) is 0 Å². The van der Waals surface area contributed by atoms with Gasteiger partial charge in [0.25, 0.3) is 0 Å². The van der Waals surface area contributed by atoms with Gasteiger partial charge in [-0.2, -0.15) is 0 Å². The van der Waals surface area contributed by atoms with Crippen LogP contribution in [0.4, 0.5) is 11.4 Å². The fraction of sp³-hybridized carbons (Fsp3) is 0.214. The lowest BCUT2D eigenvalue weighted by Crippen LogP contribution is -2.27. The minimum Gasteiger partial charge on any atom is -0.361 e. The van der Waals surface area contributed by atoms with Crippen LogP contribution in [0.15, 0.2) is 99.4 Å². The Kier molecular flexibility index (Phi) is 5.39. The normalized spacial score (nSPS) is 21.4. The van der Waals surface area contributed by atoms with Crippen molar-refractivity contribution in [2.24, 2.45) is 0 Å². The second kappa shape index (κ2) is 8.54. The zero-order chi connectivity index (χ0) is 22.4. The number of hydrogen-bond acceptors (Lipinski definition) is 4. The molecule has 33 heavy (non-hydrogen) atoms. The predicted molar refractivity (Wildman–Crippen MR) is 143 cm³/mol. The van der Waals surface area contributed by atoms with Gasteiger partial charge in [-0.3, -0.25) is 0 Å². The van der Waals surface area contributed by atoms with Crippen molar-refractivity contribution in [2.75, 3.05) is 22.9 Å². The molecule has 3 heterocycles. The van der Waals surface area contributed by atoms with Gasteiger partial charge >= 0.3 is 0 Å². The van der Waals surface area contributed by atoms with Crippen LogP contribution >= 0.6 is 23.5 Å². The first-order valence-corrected chi connectivity index (χ1v) is 13.3. The van der Waals surface area contributed by atoms with E-state index in [2.05, 4.69) is 108 Å². The summed E-state index contributed by atoms with van der Waals surface area (Å²) < 4.78 is 0. The lowest BCUT2D eigenvalue weighted by Gasteiger charge is -2.24. The molecular formula is C28H27N3S2. The average Bonchev–Trinajstić information content (AvgIpc) is 3.53. The van der Waals surface area contributed by atoms with Crippen molar-refractivity contribution < 1.29 is 0 Å². The summed E-state index contributed by atoms with van der Waals surface area (Å²) in [6.07, 6.45) is 10.3. The molecule has 1 unspecified atom stereocenters. The number of nitrogens with zero attached hydrogens (tertiary/aromatic N) is 2. The lowest BCUT2D eigenvalue weighted by molar-refractivity contribution is 0.872. The van der Waals surface area contributed by atoms with Crippen molar-refractivity contribution >= 4 is 40.5 Å². The van der Waals surface area contributed by atoms with E-state index in [1.807, 2.05) is 23.5 Å². The summed E-state index contributed by atoms with van der Waals surface area (Å²) in [7, 11) is 0. The maximum Gasteiger partial charge on any atom is 0.0988 e. The van der Waals surface area contributed by atoms with Crippen molar-refractivity contribution in [1.82, 2.24) is 4.98 Å². The van der Waals surface area contributed by atoms with Gasteiger partial charge in [0.05, 0.1) is 21.8 Å². The molecule has 2 aliphatic heterocycles. The van der Waals surface area contributed by atoms with E-state index in [1.54, 1.807) is 0 Å². The molecule has 1 atom stereocenters. The molecule has 0 spiro atoms. The molecule has 0 fully saturated rings. The SMILES string of the molecule is CCN1/C(=C/C2=CC(=C/C3Sc4ccccc4N3CC)/Cc3cc[nH]c32)Sc2ccccc21. The molecule has 1 aromatic heterocycles. The monoisotopic (exact) mass is 469 g/mol. The molecule has 166 valence electrons. The number of allylic oxidation sites excluding steroid dienone is 4. The molecule has 0 saturated carbocycles. The number of fused-ring (bicyclic) bond motifs is 3. The highest BCUT2D eigenvalue weighted by Crippen LogP contribution is 2.47. The standard InChI is InChI=1S/C28H27N3S2/c1-3-30-22-9-5-7-11-24(22)32-26(30)17-19-15-20-13-14-29-28(20)21(16-19)18-27-31(4-2)23-10-6-8-12-25(23)33-27/h5-14,16-18,26,29H,3-4,15H2,1-2H3/b19-17+,27-18-. The van der Waals surface area contributed by atoms with Crippen LogP contribution in [0.1, 0.15) is 25.1 Å². The van der Waals surface area contributed by atoms with Gasteiger partial charge in [0.1, 0.15) is 0 Å². The zero-order valence-electron chi connectivity index (χ0n) is 18.9. The summed E-state index contributed by atoms with van der Waals surface area (Å²) in [6.45, 7) is 6.45. The molecular weight excluding hydrogens is 442 g/mol. The highest BCUT2D eigenvalue weighted by molar-refractivity contribution is 8.03. The third-order valence-electron chi connectivity index (χ3n) is 6.52. The van der Waals surface area contributed by atoms with E-state index in [-0.39, 0.29) is 0 Å². The Morgan fingerprint density at radius 3 is 2.58 bits per heavy atom. The first-order valence-electron chi connectivity index (χ1n) is 11.6. The van der Waals surface area contributed by atoms with Crippen molar-refractivity contribution in [3.05, 3.63) is 101 Å². The molecule has 0 saturated heterocycles. The Bertz CT molecular complexity index is 1300. The Morgan fingerprint density at radius 1 is 0.970 bits per heavy atom. The van der Waals surface area contributed by atoms with Crippen molar-refractivity contribution in [1.29, 1.82) is 0 Å². The van der Waals surface area contributed by atoms with Crippen LogP contribution in [-0.4, -0.2) is 23.4 Å². The summed E-state index contributed by atoms with van der Waals surface area (Å²) >= 11 is 3.83. The van der Waals surface area contributed by atoms with E-state index in [9.17, 15) is 0 Å². The predicted octanol–water partition coefficient (Wildman–Crippen LogP) is 7.31. The summed E-state index contributed by atoms with van der Waals surface area (Å²) in [5, 5.41) is 1.63. The second-order valence-corrected chi connectivity index (χ2v) is 10.7. The number of H-pyrrole nitrogens is 1. The number of para-hydroxylation sites is 2. The molecule has 3 nitrogen and oxygen atoms in total. The minimum absolute atomic E-state index is 0.338. The summed E-state index contributed by atoms with van der Waals surface area (Å²) in [5.74, 6) is 0. The van der Waals surface area contributed by atoms with E-state index in [4.69, 9.17) is 0 Å². The lowest BCUT2D eigenvalue weighted by atomic mass is 9.93. The minimum atomic E-state index is 0.338. The summed E-state index contributed by atoms with van der Waals surface area (Å²) in [4.78, 5) is 11.1. The van der Waals surface area contributed by atoms with Crippen LogP contribution in [0.2, 0.25) is 0 Å².